The van der Waals surface area contributed by atoms with Crippen LogP contribution >= 0.6 is 11.3 Å². The fraction of sp³-hybridized carbons (Fsp3) is 0.421. The van der Waals surface area contributed by atoms with Gasteiger partial charge in [-0.15, -0.1) is 0 Å². The maximum absolute atomic E-state index is 12.7. The van der Waals surface area contributed by atoms with Gasteiger partial charge in [0.1, 0.15) is 4.88 Å². The van der Waals surface area contributed by atoms with Gasteiger partial charge in [0, 0.05) is 23.8 Å². The summed E-state index contributed by atoms with van der Waals surface area (Å²) in [4.78, 5) is 29.9. The molecule has 0 radical (unpaired) electrons. The van der Waals surface area contributed by atoms with Gasteiger partial charge in [0.05, 0.1) is 5.69 Å². The molecule has 0 aliphatic heterocycles. The molecule has 0 spiro atoms. The first-order valence-electron chi connectivity index (χ1n) is 8.92. The minimum Gasteiger partial charge on any atom is -0.362 e. The van der Waals surface area contributed by atoms with E-state index in [2.05, 4.69) is 27.9 Å². The van der Waals surface area contributed by atoms with Crippen molar-refractivity contribution < 1.29 is 9.59 Å². The van der Waals surface area contributed by atoms with E-state index in [-0.39, 0.29) is 11.8 Å². The van der Waals surface area contributed by atoms with E-state index in [9.17, 15) is 9.59 Å². The Morgan fingerprint density at radius 2 is 2.00 bits per heavy atom. The molecule has 0 atom stereocenters. The normalized spacial score (nSPS) is 13.3. The molecule has 26 heavy (non-hydrogen) atoms. The molecular formula is C19H24N4O2S. The predicted octanol–water partition coefficient (Wildman–Crippen LogP) is 3.73. The number of benzene rings is 1. The Bertz CT molecular complexity index is 827. The first-order chi connectivity index (χ1) is 12.5. The van der Waals surface area contributed by atoms with Crippen LogP contribution in [0.25, 0.3) is 0 Å². The molecule has 2 amide bonds. The van der Waals surface area contributed by atoms with Gasteiger partial charge in [0.25, 0.3) is 11.8 Å². The van der Waals surface area contributed by atoms with Gasteiger partial charge < -0.3 is 16.0 Å². The molecule has 6 nitrogen and oxygen atoms in total. The van der Waals surface area contributed by atoms with Crippen molar-refractivity contribution in [2.45, 2.75) is 46.1 Å². The molecule has 1 heterocycles. The third kappa shape index (κ3) is 4.40. The zero-order valence-electron chi connectivity index (χ0n) is 15.3. The van der Waals surface area contributed by atoms with E-state index >= 15 is 0 Å². The van der Waals surface area contributed by atoms with Gasteiger partial charge in [0.2, 0.25) is 0 Å². The monoisotopic (exact) mass is 372 g/mol. The van der Waals surface area contributed by atoms with Gasteiger partial charge in [-0.25, -0.2) is 4.98 Å². The third-order valence-electron chi connectivity index (χ3n) is 4.19. The second-order valence-corrected chi connectivity index (χ2v) is 7.59. The smallest absolute Gasteiger partial charge is 0.267 e. The minimum atomic E-state index is -0.201. The van der Waals surface area contributed by atoms with E-state index in [1.807, 2.05) is 19.9 Å². The highest BCUT2D eigenvalue weighted by Crippen LogP contribution is 2.25. The molecule has 1 saturated carbocycles. The average molecular weight is 372 g/mol. The third-order valence-corrected chi connectivity index (χ3v) is 5.30. The van der Waals surface area contributed by atoms with E-state index in [1.54, 1.807) is 12.1 Å². The van der Waals surface area contributed by atoms with E-state index in [0.29, 0.717) is 27.9 Å². The van der Waals surface area contributed by atoms with E-state index in [1.165, 1.54) is 11.3 Å². The molecule has 1 aromatic carbocycles. The van der Waals surface area contributed by atoms with Crippen LogP contribution in [0.4, 0.5) is 10.8 Å². The lowest BCUT2D eigenvalue weighted by molar-refractivity contribution is 0.0949. The number of nitrogens with one attached hydrogen (secondary N) is 3. The summed E-state index contributed by atoms with van der Waals surface area (Å²) in [6.45, 7) is 6.64. The molecule has 7 heteroatoms. The molecule has 3 rings (SSSR count). The Kier molecular flexibility index (Phi) is 5.56. The van der Waals surface area contributed by atoms with Crippen LogP contribution in [0.1, 0.15) is 57.5 Å². The van der Waals surface area contributed by atoms with Crippen LogP contribution in [0.3, 0.4) is 0 Å². The van der Waals surface area contributed by atoms with Crippen LogP contribution in [0, 0.1) is 13.8 Å². The number of nitrogens with zero attached hydrogens (tertiary/aromatic N) is 1. The van der Waals surface area contributed by atoms with E-state index in [0.717, 1.165) is 36.5 Å². The topological polar surface area (TPSA) is 83.1 Å². The summed E-state index contributed by atoms with van der Waals surface area (Å²) >= 11 is 1.35. The highest BCUT2D eigenvalue weighted by molar-refractivity contribution is 7.17. The average Bonchev–Trinajstić information content (AvgIpc) is 3.34. The lowest BCUT2D eigenvalue weighted by Crippen LogP contribution is -2.25. The van der Waals surface area contributed by atoms with Crippen LogP contribution < -0.4 is 16.0 Å². The number of thiazole rings is 1. The maximum Gasteiger partial charge on any atom is 0.267 e. The molecule has 138 valence electrons. The van der Waals surface area contributed by atoms with Gasteiger partial charge in [0.15, 0.2) is 5.13 Å². The van der Waals surface area contributed by atoms with Crippen LogP contribution in [-0.4, -0.2) is 29.4 Å². The van der Waals surface area contributed by atoms with Gasteiger partial charge in [-0.1, -0.05) is 24.3 Å². The van der Waals surface area contributed by atoms with Crippen molar-refractivity contribution in [1.29, 1.82) is 0 Å². The summed E-state index contributed by atoms with van der Waals surface area (Å²) in [5.41, 5.74) is 2.82. The first-order valence-corrected chi connectivity index (χ1v) is 9.73. The highest BCUT2D eigenvalue weighted by Gasteiger charge is 2.24. The van der Waals surface area contributed by atoms with Crippen molar-refractivity contribution in [3.8, 4) is 0 Å². The predicted molar refractivity (Wildman–Crippen MR) is 105 cm³/mol. The summed E-state index contributed by atoms with van der Waals surface area (Å²) in [6.07, 6.45) is 3.08. The van der Waals surface area contributed by atoms with Gasteiger partial charge in [-0.05, 0) is 50.8 Å². The molecule has 1 aliphatic carbocycles. The fourth-order valence-corrected chi connectivity index (χ4v) is 3.38. The Hall–Kier alpha value is -2.41. The minimum absolute atomic E-state index is 0.0944. The zero-order valence-corrected chi connectivity index (χ0v) is 16.1. The Morgan fingerprint density at radius 3 is 2.69 bits per heavy atom. The molecule has 1 fully saturated rings. The van der Waals surface area contributed by atoms with Crippen molar-refractivity contribution in [3.63, 3.8) is 0 Å². The van der Waals surface area contributed by atoms with Crippen LogP contribution in [0.15, 0.2) is 18.2 Å². The molecule has 1 aliphatic rings. The maximum atomic E-state index is 12.7. The second-order valence-electron chi connectivity index (χ2n) is 6.59. The summed E-state index contributed by atoms with van der Waals surface area (Å²) in [6, 6.07) is 5.67. The zero-order chi connectivity index (χ0) is 18.7. The number of hydrogen-bond acceptors (Lipinski definition) is 5. The van der Waals surface area contributed by atoms with Crippen LogP contribution in [0.2, 0.25) is 0 Å². The van der Waals surface area contributed by atoms with E-state index < -0.39 is 0 Å². The first kappa shape index (κ1) is 18.4. The number of anilines is 2. The van der Waals surface area contributed by atoms with Crippen molar-refractivity contribution in [2.75, 3.05) is 17.2 Å². The lowest BCUT2D eigenvalue weighted by atomic mass is 10.1. The molecule has 1 aromatic heterocycles. The van der Waals surface area contributed by atoms with Gasteiger partial charge >= 0.3 is 0 Å². The summed E-state index contributed by atoms with van der Waals surface area (Å²) < 4.78 is 0. The number of hydrogen-bond donors (Lipinski definition) is 3. The van der Waals surface area contributed by atoms with Crippen molar-refractivity contribution >= 4 is 34.0 Å². The standard InChI is InChI=1S/C19H24N4O2S/c1-4-9-20-19-21-12(3)16(26-19)18(25)23-15-10-13(6-5-11(15)2)17(24)22-14-7-8-14/h5-6,10,14H,4,7-9H2,1-3H3,(H,20,21)(H,22,24)(H,23,25). The van der Waals surface area contributed by atoms with E-state index in [4.69, 9.17) is 0 Å². The molecule has 3 N–H and O–H groups in total. The van der Waals surface area contributed by atoms with Crippen LogP contribution in [-0.2, 0) is 0 Å². The molecule has 0 bridgehead atoms. The van der Waals surface area contributed by atoms with Gasteiger partial charge in [-0.3, -0.25) is 9.59 Å². The van der Waals surface area contributed by atoms with Crippen LogP contribution in [0.5, 0.6) is 0 Å². The second kappa shape index (κ2) is 7.86. The SMILES string of the molecule is CCCNc1nc(C)c(C(=O)Nc2cc(C(=O)NC3CC3)ccc2C)s1. The highest BCUT2D eigenvalue weighted by atomic mass is 32.1. The van der Waals surface area contributed by atoms with Crippen molar-refractivity contribution in [2.24, 2.45) is 0 Å². The number of rotatable bonds is 7. The molecular weight excluding hydrogens is 348 g/mol. The molecule has 2 aromatic rings. The fourth-order valence-electron chi connectivity index (χ4n) is 2.49. The number of carbonyl (C=O) groups excluding carboxylic acids is 2. The largest absolute Gasteiger partial charge is 0.362 e. The quantitative estimate of drug-likeness (QED) is 0.692. The number of carbonyl (C=O) groups is 2. The van der Waals surface area contributed by atoms with Gasteiger partial charge in [-0.2, -0.15) is 0 Å². The Morgan fingerprint density at radius 1 is 1.23 bits per heavy atom. The number of amides is 2. The molecule has 0 saturated heterocycles. The number of aromatic nitrogens is 1. The summed E-state index contributed by atoms with van der Waals surface area (Å²) in [5, 5.41) is 9.85. The Labute approximate surface area is 157 Å². The summed E-state index contributed by atoms with van der Waals surface area (Å²) in [7, 11) is 0. The molecule has 0 unspecified atom stereocenters. The summed E-state index contributed by atoms with van der Waals surface area (Å²) in [5.74, 6) is -0.296. The number of aryl methyl sites for hydroxylation is 2. The van der Waals surface area contributed by atoms with Crippen molar-refractivity contribution in [1.82, 2.24) is 10.3 Å². The lowest BCUT2D eigenvalue weighted by Gasteiger charge is -2.10. The Balaban J connectivity index is 1.74. The van der Waals surface area contributed by atoms with Crippen molar-refractivity contribution in [3.05, 3.63) is 39.9 Å².